The minimum absolute atomic E-state index is 0.198. The fraction of sp³-hybridized carbons (Fsp3) is 0.0435. The minimum Gasteiger partial charge on any atom is -0.298 e. The van der Waals surface area contributed by atoms with E-state index < -0.39 is 0 Å². The molecular formula is C23H17ClN2OS. The van der Waals surface area contributed by atoms with Crippen LogP contribution in [0.4, 0.5) is 5.13 Å². The lowest BCUT2D eigenvalue weighted by molar-refractivity contribution is -0.111. The van der Waals surface area contributed by atoms with Crippen LogP contribution < -0.4 is 5.32 Å². The van der Waals surface area contributed by atoms with Crippen molar-refractivity contribution in [2.24, 2.45) is 0 Å². The van der Waals surface area contributed by atoms with E-state index in [1.807, 2.05) is 54.6 Å². The number of halogens is 1. The number of aromatic nitrogens is 1. The molecule has 0 bridgehead atoms. The summed E-state index contributed by atoms with van der Waals surface area (Å²) in [5, 5.41) is 6.40. The molecule has 4 aromatic rings. The second kappa shape index (κ2) is 8.38. The average molecular weight is 405 g/mol. The Labute approximate surface area is 172 Å². The molecule has 0 aliphatic carbocycles. The zero-order chi connectivity index (χ0) is 19.3. The summed E-state index contributed by atoms with van der Waals surface area (Å²) >= 11 is 7.50. The number of carbonyl (C=O) groups excluding carboxylic acids is 1. The number of nitrogens with one attached hydrogen (secondary N) is 1. The number of carbonyl (C=O) groups is 1. The number of rotatable bonds is 5. The van der Waals surface area contributed by atoms with Crippen LogP contribution in [0, 0.1) is 0 Å². The van der Waals surface area contributed by atoms with Gasteiger partial charge in [0.05, 0.1) is 0 Å². The fourth-order valence-corrected chi connectivity index (χ4v) is 4.07. The smallest absolute Gasteiger partial charge is 0.250 e. The quantitative estimate of drug-likeness (QED) is 0.403. The number of fused-ring (bicyclic) bond motifs is 1. The third-order valence-electron chi connectivity index (χ3n) is 4.29. The van der Waals surface area contributed by atoms with Crippen molar-refractivity contribution in [2.75, 3.05) is 5.32 Å². The van der Waals surface area contributed by atoms with Crippen LogP contribution in [-0.2, 0) is 11.2 Å². The maximum atomic E-state index is 12.3. The van der Waals surface area contributed by atoms with E-state index in [-0.39, 0.29) is 5.91 Å². The molecule has 0 aliphatic heterocycles. The Morgan fingerprint density at radius 3 is 2.79 bits per heavy atom. The molecule has 3 nitrogen and oxygen atoms in total. The second-order valence-corrected chi connectivity index (χ2v) is 7.88. The third kappa shape index (κ3) is 4.47. The van der Waals surface area contributed by atoms with Gasteiger partial charge >= 0.3 is 0 Å². The van der Waals surface area contributed by atoms with Crippen LogP contribution in [0.5, 0.6) is 0 Å². The summed E-state index contributed by atoms with van der Waals surface area (Å²) in [6.45, 7) is 0. The number of thiazole rings is 1. The molecule has 3 aromatic carbocycles. The molecule has 28 heavy (non-hydrogen) atoms. The fourth-order valence-electron chi connectivity index (χ4n) is 3.00. The molecule has 138 valence electrons. The van der Waals surface area contributed by atoms with Crippen molar-refractivity contribution in [1.82, 2.24) is 4.98 Å². The van der Waals surface area contributed by atoms with Gasteiger partial charge in [0.15, 0.2) is 5.13 Å². The number of hydrogen-bond acceptors (Lipinski definition) is 3. The number of anilines is 1. The first-order valence-corrected chi connectivity index (χ1v) is 10.0. The number of amides is 1. The lowest BCUT2D eigenvalue weighted by Crippen LogP contribution is -2.07. The lowest BCUT2D eigenvalue weighted by Gasteiger charge is -2.01. The summed E-state index contributed by atoms with van der Waals surface area (Å²) in [5.41, 5.74) is 2.12. The Morgan fingerprint density at radius 1 is 1.07 bits per heavy atom. The summed E-state index contributed by atoms with van der Waals surface area (Å²) < 4.78 is 0. The molecule has 1 aromatic heterocycles. The molecule has 0 saturated carbocycles. The van der Waals surface area contributed by atoms with Crippen LogP contribution in [0.25, 0.3) is 16.8 Å². The van der Waals surface area contributed by atoms with Gasteiger partial charge in [0.2, 0.25) is 5.91 Å². The topological polar surface area (TPSA) is 42.0 Å². The summed E-state index contributed by atoms with van der Waals surface area (Å²) in [5.74, 6) is -0.198. The highest BCUT2D eigenvalue weighted by Gasteiger charge is 2.06. The van der Waals surface area contributed by atoms with Gasteiger partial charge in [-0.15, -0.1) is 11.3 Å². The Hall–Kier alpha value is -2.95. The molecule has 5 heteroatoms. The van der Waals surface area contributed by atoms with E-state index in [0.717, 1.165) is 33.2 Å². The highest BCUT2D eigenvalue weighted by atomic mass is 35.5. The van der Waals surface area contributed by atoms with Gasteiger partial charge in [-0.2, -0.15) is 0 Å². The largest absolute Gasteiger partial charge is 0.298 e. The van der Waals surface area contributed by atoms with E-state index in [4.69, 9.17) is 11.6 Å². The highest BCUT2D eigenvalue weighted by Crippen LogP contribution is 2.23. The van der Waals surface area contributed by atoms with Crippen molar-refractivity contribution in [1.29, 1.82) is 0 Å². The van der Waals surface area contributed by atoms with Gasteiger partial charge < -0.3 is 0 Å². The highest BCUT2D eigenvalue weighted by molar-refractivity contribution is 7.15. The standard InChI is InChI=1S/C23H17ClN2OS/c24-19-9-3-5-16(13-19)14-20-15-25-23(28-20)26-22(27)12-11-18-8-4-7-17-6-1-2-10-21(17)18/h1-13,15H,14H2,(H,25,26,27)/b12-11+. The van der Waals surface area contributed by atoms with E-state index in [1.165, 1.54) is 11.3 Å². The van der Waals surface area contributed by atoms with Gasteiger partial charge in [-0.1, -0.05) is 66.2 Å². The SMILES string of the molecule is O=C(/C=C/c1cccc2ccccc12)Nc1ncc(Cc2cccc(Cl)c2)s1. The molecule has 1 amide bonds. The van der Waals surface area contributed by atoms with E-state index in [2.05, 4.69) is 28.5 Å². The Balaban J connectivity index is 1.42. The number of benzene rings is 3. The maximum absolute atomic E-state index is 12.3. The predicted molar refractivity (Wildman–Crippen MR) is 118 cm³/mol. The lowest BCUT2D eigenvalue weighted by atomic mass is 10.0. The molecule has 0 unspecified atom stereocenters. The van der Waals surface area contributed by atoms with Gasteiger partial charge in [-0.3, -0.25) is 10.1 Å². The Bertz CT molecular complexity index is 1160. The van der Waals surface area contributed by atoms with Gasteiger partial charge in [-0.25, -0.2) is 4.98 Å². The Morgan fingerprint density at radius 2 is 1.89 bits per heavy atom. The van der Waals surface area contributed by atoms with E-state index in [9.17, 15) is 4.79 Å². The molecule has 0 saturated heterocycles. The van der Waals surface area contributed by atoms with E-state index in [1.54, 1.807) is 12.3 Å². The monoisotopic (exact) mass is 404 g/mol. The van der Waals surface area contributed by atoms with Crippen LogP contribution in [0.1, 0.15) is 16.0 Å². The van der Waals surface area contributed by atoms with E-state index >= 15 is 0 Å². The molecule has 0 aliphatic rings. The van der Waals surface area contributed by atoms with Crippen molar-refractivity contribution < 1.29 is 4.79 Å². The van der Waals surface area contributed by atoms with Gasteiger partial charge in [0, 0.05) is 28.6 Å². The molecule has 0 fully saturated rings. The minimum atomic E-state index is -0.198. The first-order chi connectivity index (χ1) is 13.7. The van der Waals surface area contributed by atoms with Gasteiger partial charge in [0.25, 0.3) is 0 Å². The van der Waals surface area contributed by atoms with Crippen LogP contribution in [-0.4, -0.2) is 10.9 Å². The number of hydrogen-bond donors (Lipinski definition) is 1. The predicted octanol–water partition coefficient (Wildman–Crippen LogP) is 6.19. The summed E-state index contributed by atoms with van der Waals surface area (Å²) in [4.78, 5) is 17.7. The summed E-state index contributed by atoms with van der Waals surface area (Å²) in [7, 11) is 0. The zero-order valence-electron chi connectivity index (χ0n) is 14.9. The molecule has 0 atom stereocenters. The second-order valence-electron chi connectivity index (χ2n) is 6.33. The van der Waals surface area contributed by atoms with Gasteiger partial charge in [-0.05, 0) is 40.1 Å². The maximum Gasteiger partial charge on any atom is 0.250 e. The molecular weight excluding hydrogens is 388 g/mol. The molecule has 0 spiro atoms. The summed E-state index contributed by atoms with van der Waals surface area (Å²) in [6, 6.07) is 21.9. The Kier molecular flexibility index (Phi) is 5.51. The molecule has 1 N–H and O–H groups in total. The van der Waals surface area contributed by atoms with Crippen LogP contribution in [0.3, 0.4) is 0 Å². The van der Waals surface area contributed by atoms with Crippen LogP contribution in [0.2, 0.25) is 5.02 Å². The van der Waals surface area contributed by atoms with Gasteiger partial charge in [0.1, 0.15) is 0 Å². The molecule has 1 heterocycles. The van der Waals surface area contributed by atoms with Crippen LogP contribution >= 0.6 is 22.9 Å². The average Bonchev–Trinajstić information content (AvgIpc) is 3.13. The van der Waals surface area contributed by atoms with Crippen molar-refractivity contribution in [3.63, 3.8) is 0 Å². The number of nitrogens with zero attached hydrogens (tertiary/aromatic N) is 1. The summed E-state index contributed by atoms with van der Waals surface area (Å²) in [6.07, 6.45) is 5.90. The van der Waals surface area contributed by atoms with Crippen molar-refractivity contribution >= 4 is 50.8 Å². The first kappa shape index (κ1) is 18.4. The van der Waals surface area contributed by atoms with Crippen molar-refractivity contribution in [2.45, 2.75) is 6.42 Å². The molecule has 0 radical (unpaired) electrons. The molecule has 4 rings (SSSR count). The van der Waals surface area contributed by atoms with E-state index in [0.29, 0.717) is 10.2 Å². The van der Waals surface area contributed by atoms with Crippen molar-refractivity contribution in [3.8, 4) is 0 Å². The third-order valence-corrected chi connectivity index (χ3v) is 5.44. The van der Waals surface area contributed by atoms with Crippen LogP contribution in [0.15, 0.2) is 79.0 Å². The normalized spacial score (nSPS) is 11.2. The van der Waals surface area contributed by atoms with Crippen molar-refractivity contribution in [3.05, 3.63) is 100 Å². The zero-order valence-corrected chi connectivity index (χ0v) is 16.5. The first-order valence-electron chi connectivity index (χ1n) is 8.83.